The number of hydrogen-bond acceptors (Lipinski definition) is 4. The van der Waals surface area contributed by atoms with Gasteiger partial charge in [-0.2, -0.15) is 0 Å². The zero-order valence-electron chi connectivity index (χ0n) is 16.0. The minimum Gasteiger partial charge on any atom is -0.497 e. The number of nitrogens with zero attached hydrogens (tertiary/aromatic N) is 2. The van der Waals surface area contributed by atoms with E-state index in [0.29, 0.717) is 24.7 Å². The van der Waals surface area contributed by atoms with Crippen molar-refractivity contribution >= 4 is 11.0 Å². The Morgan fingerprint density at radius 2 is 1.50 bits per heavy atom. The van der Waals surface area contributed by atoms with Gasteiger partial charge in [-0.25, -0.2) is 4.98 Å². The van der Waals surface area contributed by atoms with Crippen molar-refractivity contribution in [1.82, 2.24) is 9.55 Å². The molecule has 1 heterocycles. The molecular formula is C23H22N2O3. The highest BCUT2D eigenvalue weighted by Gasteiger charge is 2.13. The van der Waals surface area contributed by atoms with E-state index in [-0.39, 0.29) is 0 Å². The maximum atomic E-state index is 6.03. The molecule has 0 spiro atoms. The number of methoxy groups -OCH3 is 2. The molecule has 0 amide bonds. The lowest BCUT2D eigenvalue weighted by Gasteiger charge is -2.13. The summed E-state index contributed by atoms with van der Waals surface area (Å²) in [5, 5.41) is 0. The van der Waals surface area contributed by atoms with Crippen molar-refractivity contribution in [2.45, 2.75) is 13.2 Å². The normalized spacial score (nSPS) is 10.8. The summed E-state index contributed by atoms with van der Waals surface area (Å²) in [7, 11) is 3.31. The Morgan fingerprint density at radius 1 is 0.786 bits per heavy atom. The first-order valence-electron chi connectivity index (χ1n) is 9.11. The van der Waals surface area contributed by atoms with Gasteiger partial charge in [-0.3, -0.25) is 0 Å². The van der Waals surface area contributed by atoms with E-state index in [4.69, 9.17) is 19.2 Å². The van der Waals surface area contributed by atoms with Gasteiger partial charge in [-0.1, -0.05) is 36.4 Å². The number of hydrogen-bond donors (Lipinski definition) is 0. The third kappa shape index (κ3) is 3.64. The Hall–Kier alpha value is -3.47. The van der Waals surface area contributed by atoms with Crippen molar-refractivity contribution < 1.29 is 14.2 Å². The van der Waals surface area contributed by atoms with Gasteiger partial charge in [0.1, 0.15) is 18.2 Å². The Kier molecular flexibility index (Phi) is 5.15. The largest absolute Gasteiger partial charge is 0.497 e. The standard InChI is InChI=1S/C23H22N2O3/c1-26-18-13-11-17(12-14-18)15-25-20-8-4-3-7-19(20)24-23(25)16-28-22-10-6-5-9-21(22)27-2/h3-14H,15-16H2,1-2H3. The van der Waals surface area contributed by atoms with E-state index in [1.807, 2.05) is 54.6 Å². The maximum absolute atomic E-state index is 6.03. The Balaban J connectivity index is 1.64. The molecule has 3 aromatic carbocycles. The van der Waals surface area contributed by atoms with Crippen LogP contribution in [0.1, 0.15) is 11.4 Å². The van der Waals surface area contributed by atoms with E-state index in [0.717, 1.165) is 22.6 Å². The van der Waals surface area contributed by atoms with Crippen LogP contribution in [0.4, 0.5) is 0 Å². The van der Waals surface area contributed by atoms with Crippen molar-refractivity contribution in [3.05, 3.63) is 84.2 Å². The van der Waals surface area contributed by atoms with Gasteiger partial charge in [-0.15, -0.1) is 0 Å². The van der Waals surface area contributed by atoms with Gasteiger partial charge in [0, 0.05) is 6.54 Å². The summed E-state index contributed by atoms with van der Waals surface area (Å²) in [6.07, 6.45) is 0. The van der Waals surface area contributed by atoms with Gasteiger partial charge in [0.15, 0.2) is 11.5 Å². The Morgan fingerprint density at radius 3 is 2.25 bits per heavy atom. The van der Waals surface area contributed by atoms with Crippen LogP contribution in [0, 0.1) is 0 Å². The first-order chi connectivity index (χ1) is 13.8. The summed E-state index contributed by atoms with van der Waals surface area (Å²) in [6, 6.07) is 23.8. The summed E-state index contributed by atoms with van der Waals surface area (Å²) in [4.78, 5) is 4.79. The molecule has 0 bridgehead atoms. The number of fused-ring (bicyclic) bond motifs is 1. The van der Waals surface area contributed by atoms with Crippen molar-refractivity contribution in [3.63, 3.8) is 0 Å². The van der Waals surface area contributed by atoms with Crippen molar-refractivity contribution in [1.29, 1.82) is 0 Å². The number of benzene rings is 3. The Labute approximate surface area is 164 Å². The van der Waals surface area contributed by atoms with E-state index >= 15 is 0 Å². The molecule has 4 aromatic rings. The zero-order valence-corrected chi connectivity index (χ0v) is 16.0. The molecule has 0 unspecified atom stereocenters. The second kappa shape index (κ2) is 8.05. The molecule has 5 nitrogen and oxygen atoms in total. The number of imidazole rings is 1. The molecule has 0 saturated heterocycles. The van der Waals surface area contributed by atoms with E-state index in [1.54, 1.807) is 14.2 Å². The van der Waals surface area contributed by atoms with Crippen LogP contribution in [-0.2, 0) is 13.2 Å². The highest BCUT2D eigenvalue weighted by Crippen LogP contribution is 2.27. The summed E-state index contributed by atoms with van der Waals surface area (Å²) < 4.78 is 18.9. The molecule has 4 rings (SSSR count). The molecule has 28 heavy (non-hydrogen) atoms. The third-order valence-corrected chi connectivity index (χ3v) is 4.66. The predicted molar refractivity (Wildman–Crippen MR) is 109 cm³/mol. The van der Waals surface area contributed by atoms with Crippen molar-refractivity contribution in [3.8, 4) is 17.2 Å². The average molecular weight is 374 g/mol. The van der Waals surface area contributed by atoms with Crippen LogP contribution < -0.4 is 14.2 Å². The van der Waals surface area contributed by atoms with E-state index in [2.05, 4.69) is 22.8 Å². The lowest BCUT2D eigenvalue weighted by atomic mass is 10.2. The van der Waals surface area contributed by atoms with E-state index in [9.17, 15) is 0 Å². The molecule has 0 fully saturated rings. The Bertz CT molecular complexity index is 1070. The van der Waals surface area contributed by atoms with Crippen LogP contribution in [0.3, 0.4) is 0 Å². The molecule has 1 aromatic heterocycles. The predicted octanol–water partition coefficient (Wildman–Crippen LogP) is 4.68. The minimum absolute atomic E-state index is 0.352. The van der Waals surface area contributed by atoms with Crippen LogP contribution in [0.15, 0.2) is 72.8 Å². The molecule has 0 radical (unpaired) electrons. The van der Waals surface area contributed by atoms with Gasteiger partial charge >= 0.3 is 0 Å². The monoisotopic (exact) mass is 374 g/mol. The van der Waals surface area contributed by atoms with Crippen LogP contribution in [-0.4, -0.2) is 23.8 Å². The molecule has 0 aliphatic rings. The third-order valence-electron chi connectivity index (χ3n) is 4.66. The molecule has 0 atom stereocenters. The average Bonchev–Trinajstić information content (AvgIpc) is 3.10. The van der Waals surface area contributed by atoms with Crippen LogP contribution in [0.5, 0.6) is 17.2 Å². The second-order valence-electron chi connectivity index (χ2n) is 6.39. The lowest BCUT2D eigenvalue weighted by molar-refractivity contribution is 0.273. The van der Waals surface area contributed by atoms with Crippen LogP contribution >= 0.6 is 0 Å². The molecule has 0 N–H and O–H groups in total. The maximum Gasteiger partial charge on any atom is 0.161 e. The number of aromatic nitrogens is 2. The fourth-order valence-corrected chi connectivity index (χ4v) is 3.21. The quantitative estimate of drug-likeness (QED) is 0.471. The highest BCUT2D eigenvalue weighted by molar-refractivity contribution is 5.76. The summed E-state index contributed by atoms with van der Waals surface area (Å²) >= 11 is 0. The molecule has 5 heteroatoms. The molecule has 0 saturated carbocycles. The SMILES string of the molecule is COc1ccc(Cn2c(COc3ccccc3OC)nc3ccccc32)cc1. The van der Waals surface area contributed by atoms with E-state index in [1.165, 1.54) is 5.56 Å². The lowest BCUT2D eigenvalue weighted by Crippen LogP contribution is -2.08. The molecule has 0 aliphatic heterocycles. The molecule has 0 aliphatic carbocycles. The number of para-hydroxylation sites is 4. The van der Waals surface area contributed by atoms with E-state index < -0.39 is 0 Å². The highest BCUT2D eigenvalue weighted by atomic mass is 16.5. The first-order valence-corrected chi connectivity index (χ1v) is 9.11. The topological polar surface area (TPSA) is 45.5 Å². The fraction of sp³-hybridized carbons (Fsp3) is 0.174. The summed E-state index contributed by atoms with van der Waals surface area (Å²) in [6.45, 7) is 1.06. The van der Waals surface area contributed by atoms with Crippen LogP contribution in [0.2, 0.25) is 0 Å². The molecule has 142 valence electrons. The molecular weight excluding hydrogens is 352 g/mol. The van der Waals surface area contributed by atoms with Crippen LogP contribution in [0.25, 0.3) is 11.0 Å². The smallest absolute Gasteiger partial charge is 0.161 e. The summed E-state index contributed by atoms with van der Waals surface area (Å²) in [5.74, 6) is 3.12. The van der Waals surface area contributed by atoms with Crippen molar-refractivity contribution in [2.24, 2.45) is 0 Å². The second-order valence-corrected chi connectivity index (χ2v) is 6.39. The van der Waals surface area contributed by atoms with Gasteiger partial charge < -0.3 is 18.8 Å². The number of ether oxygens (including phenoxy) is 3. The number of rotatable bonds is 7. The van der Waals surface area contributed by atoms with Gasteiger partial charge in [-0.05, 0) is 42.0 Å². The first kappa shape index (κ1) is 17.9. The fourth-order valence-electron chi connectivity index (χ4n) is 3.21. The van der Waals surface area contributed by atoms with Gasteiger partial charge in [0.05, 0.1) is 25.3 Å². The zero-order chi connectivity index (χ0) is 19.3. The van der Waals surface area contributed by atoms with Gasteiger partial charge in [0.2, 0.25) is 0 Å². The van der Waals surface area contributed by atoms with Crippen molar-refractivity contribution in [2.75, 3.05) is 14.2 Å². The summed E-state index contributed by atoms with van der Waals surface area (Å²) in [5.41, 5.74) is 3.20. The minimum atomic E-state index is 0.352. The van der Waals surface area contributed by atoms with Gasteiger partial charge in [0.25, 0.3) is 0 Å².